The summed E-state index contributed by atoms with van der Waals surface area (Å²) in [5.41, 5.74) is 10.8. The van der Waals surface area contributed by atoms with Gasteiger partial charge in [0.15, 0.2) is 0 Å². The third-order valence-corrected chi connectivity index (χ3v) is 11.4. The van der Waals surface area contributed by atoms with Crippen LogP contribution in [-0.2, 0) is 0 Å². The van der Waals surface area contributed by atoms with Crippen LogP contribution in [0.2, 0.25) is 0 Å². The predicted molar refractivity (Wildman–Crippen MR) is 227 cm³/mol. The molecule has 0 bridgehead atoms. The molecule has 0 saturated carbocycles. The molecule has 12 rings (SSSR count). The molecule has 2 heteroatoms. The summed E-state index contributed by atoms with van der Waals surface area (Å²) in [6.07, 6.45) is 0. The van der Waals surface area contributed by atoms with Crippen molar-refractivity contribution in [2.24, 2.45) is 0 Å². The molecule has 10 aromatic carbocycles. The van der Waals surface area contributed by atoms with Gasteiger partial charge in [0, 0.05) is 21.5 Å². The molecule has 0 N–H and O–H groups in total. The highest BCUT2D eigenvalue weighted by Crippen LogP contribution is 2.47. The lowest BCUT2D eigenvalue weighted by atomic mass is 9.84. The van der Waals surface area contributed by atoms with Gasteiger partial charge in [-0.1, -0.05) is 152 Å². The van der Waals surface area contributed by atoms with E-state index < -0.39 is 0 Å². The van der Waals surface area contributed by atoms with Gasteiger partial charge in [-0.3, -0.25) is 0 Å². The summed E-state index contributed by atoms with van der Waals surface area (Å²) in [7, 11) is 0. The van der Waals surface area contributed by atoms with Gasteiger partial charge in [0.05, 0.1) is 5.39 Å². The minimum absolute atomic E-state index is 0.839. The lowest BCUT2D eigenvalue weighted by Gasteiger charge is -2.19. The van der Waals surface area contributed by atoms with E-state index in [1.807, 2.05) is 12.1 Å². The first kappa shape index (κ1) is 29.4. The minimum atomic E-state index is 0.839. The summed E-state index contributed by atoms with van der Waals surface area (Å²) in [5, 5.41) is 14.1. The van der Waals surface area contributed by atoms with Crippen LogP contribution in [0.25, 0.3) is 120 Å². The Morgan fingerprint density at radius 3 is 1.63 bits per heavy atom. The molecule has 2 heterocycles. The van der Waals surface area contributed by atoms with Crippen LogP contribution in [0.3, 0.4) is 0 Å². The van der Waals surface area contributed by atoms with Crippen molar-refractivity contribution in [3.8, 4) is 33.4 Å². The highest BCUT2D eigenvalue weighted by Gasteiger charge is 2.21. The molecule has 2 nitrogen and oxygen atoms in total. The molecule has 0 spiro atoms. The van der Waals surface area contributed by atoms with Crippen molar-refractivity contribution in [3.05, 3.63) is 182 Å². The topological polar surface area (TPSA) is 26.3 Å². The zero-order chi connectivity index (χ0) is 35.3. The molecular weight excluding hydrogens is 657 g/mol. The maximum Gasteiger partial charge on any atom is 0.147 e. The second-order valence-corrected chi connectivity index (χ2v) is 14.3. The molecule has 250 valence electrons. The van der Waals surface area contributed by atoms with Crippen molar-refractivity contribution >= 4 is 87.0 Å². The second-order valence-electron chi connectivity index (χ2n) is 14.3. The Kier molecular flexibility index (Phi) is 6.09. The Morgan fingerprint density at radius 2 is 0.852 bits per heavy atom. The predicted octanol–water partition coefficient (Wildman–Crippen LogP) is 15.1. The SMILES string of the molecule is c1cc(-c2c3ccccc3c(-c3cccc4ccccc34)c3ccccc23)cc(-c2cc3c4ccc5oc6ccccc6c5c4oc3c3ccccc23)c1. The monoisotopic (exact) mass is 686 g/mol. The maximum atomic E-state index is 6.84. The first-order valence-electron chi connectivity index (χ1n) is 18.5. The molecule has 0 atom stereocenters. The zero-order valence-electron chi connectivity index (χ0n) is 29.1. The third-order valence-electron chi connectivity index (χ3n) is 11.4. The highest BCUT2D eigenvalue weighted by molar-refractivity contribution is 6.27. The van der Waals surface area contributed by atoms with Crippen LogP contribution in [0.4, 0.5) is 0 Å². The Hall–Kier alpha value is -7.16. The summed E-state index contributed by atoms with van der Waals surface area (Å²) < 4.78 is 13.1. The number of fused-ring (bicyclic) bond motifs is 12. The molecule has 2 aromatic heterocycles. The Morgan fingerprint density at radius 1 is 0.278 bits per heavy atom. The van der Waals surface area contributed by atoms with Crippen LogP contribution in [-0.4, -0.2) is 0 Å². The number of benzene rings is 10. The van der Waals surface area contributed by atoms with E-state index in [-0.39, 0.29) is 0 Å². The minimum Gasteiger partial charge on any atom is -0.456 e. The Labute approximate surface area is 310 Å². The fraction of sp³-hybridized carbons (Fsp3) is 0. The van der Waals surface area contributed by atoms with Gasteiger partial charge >= 0.3 is 0 Å². The maximum absolute atomic E-state index is 6.84. The summed E-state index contributed by atoms with van der Waals surface area (Å²) in [6, 6.07) is 65.7. The molecule has 0 aliphatic rings. The van der Waals surface area contributed by atoms with Gasteiger partial charge in [-0.2, -0.15) is 0 Å². The fourth-order valence-electron chi connectivity index (χ4n) is 9.12. The molecule has 12 aromatic rings. The Bertz CT molecular complexity index is 3440. The Balaban J connectivity index is 1.12. The summed E-state index contributed by atoms with van der Waals surface area (Å²) in [5.74, 6) is 0. The normalized spacial score (nSPS) is 12.1. The first-order valence-corrected chi connectivity index (χ1v) is 18.5. The van der Waals surface area contributed by atoms with Crippen molar-refractivity contribution < 1.29 is 8.83 Å². The van der Waals surface area contributed by atoms with E-state index in [1.165, 1.54) is 65.7 Å². The van der Waals surface area contributed by atoms with Crippen molar-refractivity contribution in [1.82, 2.24) is 0 Å². The van der Waals surface area contributed by atoms with Crippen LogP contribution in [0.5, 0.6) is 0 Å². The van der Waals surface area contributed by atoms with Crippen LogP contribution in [0.1, 0.15) is 0 Å². The lowest BCUT2D eigenvalue weighted by molar-refractivity contribution is 0.664. The van der Waals surface area contributed by atoms with Gasteiger partial charge in [0.2, 0.25) is 0 Å². The number of rotatable bonds is 3. The van der Waals surface area contributed by atoms with E-state index in [0.717, 1.165) is 54.6 Å². The van der Waals surface area contributed by atoms with Crippen molar-refractivity contribution in [1.29, 1.82) is 0 Å². The molecule has 0 fully saturated rings. The number of hydrogen-bond donors (Lipinski definition) is 0. The summed E-state index contributed by atoms with van der Waals surface area (Å²) in [4.78, 5) is 0. The average Bonchev–Trinajstić information content (AvgIpc) is 3.81. The average molecular weight is 687 g/mol. The van der Waals surface area contributed by atoms with Crippen LogP contribution in [0.15, 0.2) is 191 Å². The molecule has 0 amide bonds. The van der Waals surface area contributed by atoms with E-state index >= 15 is 0 Å². The summed E-state index contributed by atoms with van der Waals surface area (Å²) in [6.45, 7) is 0. The molecule has 0 radical (unpaired) electrons. The van der Waals surface area contributed by atoms with E-state index in [1.54, 1.807) is 0 Å². The van der Waals surface area contributed by atoms with Gasteiger partial charge < -0.3 is 8.83 Å². The molecule has 0 aliphatic carbocycles. The quantitative estimate of drug-likeness (QED) is 0.173. The van der Waals surface area contributed by atoms with Crippen LogP contribution in [0, 0.1) is 0 Å². The smallest absolute Gasteiger partial charge is 0.147 e. The summed E-state index contributed by atoms with van der Waals surface area (Å²) >= 11 is 0. The molecular formula is C52H30O2. The standard InChI is InChI=1S/C52H30O2/c1-2-17-34-31(13-1)14-12-25-36(34)49-39-21-6-4-19-37(39)48(38-20-5-7-22-40(38)49)33-16-11-15-32(29-33)44-30-45-42-27-28-47-50(43-24-9-10-26-46(43)53-47)52(42)54-51(45)41-23-8-3-18-35(41)44/h1-30H. The molecule has 0 unspecified atom stereocenters. The number of furan rings is 2. The first-order chi connectivity index (χ1) is 26.8. The van der Waals surface area contributed by atoms with Gasteiger partial charge in [0.1, 0.15) is 22.3 Å². The molecule has 0 saturated heterocycles. The zero-order valence-corrected chi connectivity index (χ0v) is 29.1. The van der Waals surface area contributed by atoms with Crippen LogP contribution < -0.4 is 0 Å². The van der Waals surface area contributed by atoms with E-state index in [2.05, 4.69) is 170 Å². The van der Waals surface area contributed by atoms with Gasteiger partial charge in [0.25, 0.3) is 0 Å². The van der Waals surface area contributed by atoms with Gasteiger partial charge in [-0.15, -0.1) is 0 Å². The second kappa shape index (κ2) is 11.2. The lowest BCUT2D eigenvalue weighted by Crippen LogP contribution is -1.92. The van der Waals surface area contributed by atoms with Crippen LogP contribution >= 0.6 is 0 Å². The van der Waals surface area contributed by atoms with Gasteiger partial charge in [-0.05, 0) is 101 Å². The molecule has 54 heavy (non-hydrogen) atoms. The van der Waals surface area contributed by atoms with Crippen molar-refractivity contribution in [2.75, 3.05) is 0 Å². The van der Waals surface area contributed by atoms with Crippen molar-refractivity contribution in [2.45, 2.75) is 0 Å². The van der Waals surface area contributed by atoms with Crippen molar-refractivity contribution in [3.63, 3.8) is 0 Å². The fourth-order valence-corrected chi connectivity index (χ4v) is 9.12. The number of para-hydroxylation sites is 1. The van der Waals surface area contributed by atoms with E-state index in [4.69, 9.17) is 8.83 Å². The third kappa shape index (κ3) is 4.11. The van der Waals surface area contributed by atoms with Gasteiger partial charge in [-0.25, -0.2) is 0 Å². The van der Waals surface area contributed by atoms with E-state index in [9.17, 15) is 0 Å². The molecule has 0 aliphatic heterocycles. The van der Waals surface area contributed by atoms with E-state index in [0.29, 0.717) is 0 Å². The largest absolute Gasteiger partial charge is 0.456 e. The highest BCUT2D eigenvalue weighted by atomic mass is 16.3. The number of hydrogen-bond acceptors (Lipinski definition) is 2.